The summed E-state index contributed by atoms with van der Waals surface area (Å²) < 4.78 is 126. The van der Waals surface area contributed by atoms with Crippen molar-refractivity contribution in [3.05, 3.63) is 119 Å². The van der Waals surface area contributed by atoms with Crippen molar-refractivity contribution in [1.82, 2.24) is 19.1 Å². The van der Waals surface area contributed by atoms with E-state index in [1.54, 1.807) is 19.1 Å². The Morgan fingerprint density at radius 3 is 1.47 bits per heavy atom. The van der Waals surface area contributed by atoms with Gasteiger partial charge in [-0.3, -0.25) is 20.2 Å². The van der Waals surface area contributed by atoms with Crippen molar-refractivity contribution in [1.29, 1.82) is 0 Å². The number of imidazole rings is 2. The van der Waals surface area contributed by atoms with Crippen LogP contribution in [-0.4, -0.2) is 81.6 Å². The second kappa shape index (κ2) is 24.3. The lowest BCUT2D eigenvalue weighted by Gasteiger charge is -2.30. The number of rotatable bonds is 15. The molecule has 2 fully saturated rings. The van der Waals surface area contributed by atoms with Crippen LogP contribution in [0.1, 0.15) is 110 Å². The number of hydrogen-bond donors (Lipinski definition) is 3. The number of aliphatic hydroxyl groups is 1. The van der Waals surface area contributed by atoms with Gasteiger partial charge in [0.25, 0.3) is 11.8 Å². The number of benzene rings is 4. The van der Waals surface area contributed by atoms with Crippen LogP contribution < -0.4 is 10.6 Å². The molecule has 0 bridgehead atoms. The maximum atomic E-state index is 13.9. The number of ether oxygens (including phenoxy) is 3. The summed E-state index contributed by atoms with van der Waals surface area (Å²) in [4.78, 5) is 45.9. The van der Waals surface area contributed by atoms with E-state index in [0.717, 1.165) is 62.8 Å². The molecule has 8 rings (SSSR count). The van der Waals surface area contributed by atoms with E-state index in [1.807, 2.05) is 9.13 Å². The Kier molecular flexibility index (Phi) is 18.5. The monoisotopic (exact) mass is 1020 g/mol. The Balaban J connectivity index is 0.000000233. The smallest absolute Gasteiger partial charge is 0.416 e. The normalized spacial score (nSPS) is 18.2. The number of anilines is 2. The fourth-order valence-corrected chi connectivity index (χ4v) is 9.05. The number of carbonyl (C=O) groups excluding carboxylic acids is 3. The zero-order valence-corrected chi connectivity index (χ0v) is 38.5. The minimum atomic E-state index is -4.58. The summed E-state index contributed by atoms with van der Waals surface area (Å²) in [7, 11) is 0. The fraction of sp³-hybridized carbons (Fsp3) is 0.431. The first kappa shape index (κ1) is 54.9. The molecule has 2 heterocycles. The summed E-state index contributed by atoms with van der Waals surface area (Å²) in [5, 5.41) is 14.1. The van der Waals surface area contributed by atoms with Crippen LogP contribution in [0.3, 0.4) is 0 Å². The Labute approximate surface area is 409 Å². The molecule has 2 aliphatic rings. The van der Waals surface area contributed by atoms with Gasteiger partial charge in [0.05, 0.1) is 59.6 Å². The molecular formula is C51H56F8N6O7. The van der Waals surface area contributed by atoms with E-state index < -0.39 is 52.9 Å². The van der Waals surface area contributed by atoms with Gasteiger partial charge < -0.3 is 28.5 Å². The number of aliphatic hydroxyl groups excluding tert-OH is 1. The van der Waals surface area contributed by atoms with Gasteiger partial charge >= 0.3 is 18.3 Å². The molecule has 0 saturated heterocycles. The molecule has 3 N–H and O–H groups in total. The van der Waals surface area contributed by atoms with Crippen molar-refractivity contribution in [2.75, 3.05) is 50.3 Å². The first-order chi connectivity index (χ1) is 33.9. The van der Waals surface area contributed by atoms with Crippen molar-refractivity contribution < 1.29 is 68.8 Å². The minimum absolute atomic E-state index is 0. The maximum Gasteiger partial charge on any atom is 0.416 e. The van der Waals surface area contributed by atoms with Gasteiger partial charge in [0.15, 0.2) is 0 Å². The number of aromatic nitrogens is 4. The fourth-order valence-electron chi connectivity index (χ4n) is 9.05. The van der Waals surface area contributed by atoms with Crippen LogP contribution in [0.2, 0.25) is 0 Å². The van der Waals surface area contributed by atoms with Crippen molar-refractivity contribution in [2.24, 2.45) is 11.8 Å². The van der Waals surface area contributed by atoms with Gasteiger partial charge in [0.1, 0.15) is 18.2 Å². The zero-order valence-electron chi connectivity index (χ0n) is 38.5. The number of fused-ring (bicyclic) bond motifs is 2. The van der Waals surface area contributed by atoms with Crippen LogP contribution in [0.5, 0.6) is 0 Å². The number of alkyl halides is 6. The number of hydrogen-bond acceptors (Lipinski definition) is 9. The quantitative estimate of drug-likeness (QED) is 0.0517. The summed E-state index contributed by atoms with van der Waals surface area (Å²) in [5.74, 6) is -1.95. The lowest BCUT2D eigenvalue weighted by molar-refractivity contribution is -0.149. The van der Waals surface area contributed by atoms with Gasteiger partial charge in [-0.25, -0.2) is 23.5 Å². The number of nitrogens with one attached hydrogen (secondary N) is 2. The molecule has 13 nitrogen and oxygen atoms in total. The average Bonchev–Trinajstić information content (AvgIpc) is 3.88. The Bertz CT molecular complexity index is 2800. The molecule has 0 atom stereocenters. The number of nitrogens with zero attached hydrogens (tertiary/aromatic N) is 4. The largest absolute Gasteiger partial charge is 0.464 e. The van der Waals surface area contributed by atoms with Crippen molar-refractivity contribution in [3.63, 3.8) is 0 Å². The van der Waals surface area contributed by atoms with Gasteiger partial charge in [-0.1, -0.05) is 19.6 Å². The summed E-state index contributed by atoms with van der Waals surface area (Å²) in [5.41, 5.74) is -0.224. The highest BCUT2D eigenvalue weighted by Crippen LogP contribution is 2.39. The predicted octanol–water partition coefficient (Wildman–Crippen LogP) is 11.6. The Morgan fingerprint density at radius 1 is 0.639 bits per heavy atom. The van der Waals surface area contributed by atoms with Crippen LogP contribution in [0, 0.1) is 23.5 Å². The molecule has 2 saturated carbocycles. The van der Waals surface area contributed by atoms with Crippen molar-refractivity contribution in [3.8, 4) is 0 Å². The van der Waals surface area contributed by atoms with Gasteiger partial charge in [-0.15, -0.1) is 0 Å². The molecule has 4 aromatic carbocycles. The second-order valence-electron chi connectivity index (χ2n) is 17.4. The van der Waals surface area contributed by atoms with E-state index in [4.69, 9.17) is 19.3 Å². The summed E-state index contributed by atoms with van der Waals surface area (Å²) in [6, 6.07) is 16.5. The molecule has 0 unspecified atom stereocenters. The average molecular weight is 1020 g/mol. The number of esters is 1. The van der Waals surface area contributed by atoms with Crippen LogP contribution in [0.4, 0.5) is 47.0 Å². The third-order valence-electron chi connectivity index (χ3n) is 12.5. The molecule has 6 aromatic rings. The van der Waals surface area contributed by atoms with Gasteiger partial charge in [-0.2, -0.15) is 26.3 Å². The standard InChI is InChI=1S/C26H27F4N3O4.C24H25F4N3O3.CH4/c1-2-37-23(34)15-36-14-16-6-9-20(10-7-16)33-22-11-8-19(27)13-21(22)31-25(33)32-24(35)17-4-3-5-18(12-17)26(28,29)30;25-18-6-9-21-20(13-18)29-23(30-22(33)16-2-1-3-17(12-16)24(26,27)28)31(21)19-7-4-15(5-8-19)14-34-11-10-32;/h3-5,8,11-13,16,20H,2,6-7,9-10,14-15H2,1H3,(H,31,32,35);1-3,6,9,12-13,15,19,32H,4-5,7-8,10-11,14H2,(H,29,30,33);1H4. The molecule has 2 aliphatic carbocycles. The lowest BCUT2D eigenvalue weighted by atomic mass is 9.86. The highest BCUT2D eigenvalue weighted by molar-refractivity contribution is 6.05. The molecule has 21 heteroatoms. The van der Waals surface area contributed by atoms with Crippen LogP contribution in [0.15, 0.2) is 84.9 Å². The first-order valence-electron chi connectivity index (χ1n) is 23.2. The number of carbonyl (C=O) groups is 3. The zero-order chi connectivity index (χ0) is 50.9. The van der Waals surface area contributed by atoms with E-state index in [0.29, 0.717) is 67.3 Å². The van der Waals surface area contributed by atoms with E-state index in [1.165, 1.54) is 48.5 Å². The SMILES string of the molecule is C.CCOC(=O)COCC1CCC(n2c(NC(=O)c3cccc(C(F)(F)F)c3)nc3cc(F)ccc32)CC1.O=C(Nc1nc2cc(F)ccc2n1C1CCC(COCCO)CC1)c1cccc(C(F)(F)F)c1. The molecular weight excluding hydrogens is 961 g/mol. The second-order valence-corrected chi connectivity index (χ2v) is 17.4. The number of amides is 2. The van der Waals surface area contributed by atoms with E-state index >= 15 is 0 Å². The minimum Gasteiger partial charge on any atom is -0.464 e. The molecule has 2 amide bonds. The molecule has 388 valence electrons. The predicted molar refractivity (Wildman–Crippen MR) is 252 cm³/mol. The first-order valence-corrected chi connectivity index (χ1v) is 23.2. The topological polar surface area (TPSA) is 159 Å². The highest BCUT2D eigenvalue weighted by Gasteiger charge is 2.33. The summed E-state index contributed by atoms with van der Waals surface area (Å²) >= 11 is 0. The molecule has 0 radical (unpaired) electrons. The van der Waals surface area contributed by atoms with Crippen molar-refractivity contribution >= 4 is 51.7 Å². The third-order valence-corrected chi connectivity index (χ3v) is 12.5. The third kappa shape index (κ3) is 13.9. The van der Waals surface area contributed by atoms with Gasteiger partial charge in [-0.05, 0) is 131 Å². The van der Waals surface area contributed by atoms with Crippen molar-refractivity contribution in [2.45, 2.75) is 90.2 Å². The Morgan fingerprint density at radius 2 is 1.07 bits per heavy atom. The summed E-state index contributed by atoms with van der Waals surface area (Å²) in [6.45, 7) is 3.16. The highest BCUT2D eigenvalue weighted by atomic mass is 19.4. The van der Waals surface area contributed by atoms with Crippen LogP contribution in [0.25, 0.3) is 22.1 Å². The summed E-state index contributed by atoms with van der Waals surface area (Å²) in [6.07, 6.45) is -2.91. The lowest BCUT2D eigenvalue weighted by Crippen LogP contribution is -2.24. The van der Waals surface area contributed by atoms with E-state index in [9.17, 15) is 49.5 Å². The van der Waals surface area contributed by atoms with Crippen LogP contribution >= 0.6 is 0 Å². The maximum absolute atomic E-state index is 13.9. The molecule has 0 spiro atoms. The molecule has 0 aliphatic heterocycles. The van der Waals surface area contributed by atoms with Crippen LogP contribution in [-0.2, 0) is 31.4 Å². The van der Waals surface area contributed by atoms with Gasteiger partial charge in [0.2, 0.25) is 11.9 Å². The van der Waals surface area contributed by atoms with Gasteiger partial charge in [0, 0.05) is 42.0 Å². The molecule has 2 aromatic heterocycles. The van der Waals surface area contributed by atoms with E-state index in [2.05, 4.69) is 20.6 Å². The number of halogens is 8. The molecule has 72 heavy (non-hydrogen) atoms. The Hall–Kier alpha value is -6.45. The van der Waals surface area contributed by atoms with E-state index in [-0.39, 0.29) is 61.7 Å².